The number of aryl methyl sites for hydroxylation is 2. The molecule has 7 nitrogen and oxygen atoms in total. The van der Waals surface area contributed by atoms with Crippen LogP contribution in [0.3, 0.4) is 0 Å². The molecule has 1 atom stereocenters. The lowest BCUT2D eigenvalue weighted by molar-refractivity contribution is 0.254. The van der Waals surface area contributed by atoms with Crippen molar-refractivity contribution in [1.82, 2.24) is 20.2 Å². The number of aliphatic imine (C=N–C) groups is 1. The van der Waals surface area contributed by atoms with Crippen molar-refractivity contribution in [1.29, 1.82) is 0 Å². The first kappa shape index (κ1) is 24.2. The number of imidazole rings is 1. The summed E-state index contributed by atoms with van der Waals surface area (Å²) in [5, 5.41) is 6.78. The van der Waals surface area contributed by atoms with Crippen molar-refractivity contribution in [3.8, 4) is 11.5 Å². The molecule has 0 spiro atoms. The number of rotatable bonds is 7. The number of halogens is 1. The maximum Gasteiger partial charge on any atom is 0.191 e. The molecule has 0 bridgehead atoms. The van der Waals surface area contributed by atoms with E-state index in [4.69, 9.17) is 9.47 Å². The molecular weight excluding hydrogens is 517 g/mol. The summed E-state index contributed by atoms with van der Waals surface area (Å²) in [7, 11) is 3.49. The molecule has 1 aliphatic heterocycles. The van der Waals surface area contributed by atoms with Crippen LogP contribution < -0.4 is 20.1 Å². The molecule has 2 heterocycles. The average Bonchev–Trinajstić information content (AvgIpc) is 3.29. The Morgan fingerprint density at radius 3 is 2.88 bits per heavy atom. The Kier molecular flexibility index (Phi) is 8.22. The third kappa shape index (κ3) is 5.28. The zero-order valence-corrected chi connectivity index (χ0v) is 21.5. The summed E-state index contributed by atoms with van der Waals surface area (Å²) < 4.78 is 13.8. The van der Waals surface area contributed by atoms with Gasteiger partial charge in [-0.15, -0.1) is 24.0 Å². The number of nitrogens with zero attached hydrogens (tertiary/aromatic N) is 3. The first-order valence-electron chi connectivity index (χ1n) is 10.8. The van der Waals surface area contributed by atoms with Crippen LogP contribution >= 0.6 is 24.0 Å². The van der Waals surface area contributed by atoms with Crippen molar-refractivity contribution in [3.63, 3.8) is 0 Å². The molecule has 2 aromatic carbocycles. The van der Waals surface area contributed by atoms with Gasteiger partial charge in [0, 0.05) is 44.2 Å². The van der Waals surface area contributed by atoms with Gasteiger partial charge < -0.3 is 24.7 Å². The highest BCUT2D eigenvalue weighted by Gasteiger charge is 2.21. The molecule has 32 heavy (non-hydrogen) atoms. The lowest BCUT2D eigenvalue weighted by Crippen LogP contribution is -2.37. The largest absolute Gasteiger partial charge is 0.496 e. The van der Waals surface area contributed by atoms with Crippen LogP contribution in [0.25, 0.3) is 11.0 Å². The SMILES string of the molecule is CN=C(NCCCn1c(C)nc2ccccc21)NCc1cc2c(cc1OC)CC(C)O2.I. The number of benzene rings is 2. The van der Waals surface area contributed by atoms with Crippen LogP contribution in [0.1, 0.15) is 30.3 Å². The fourth-order valence-electron chi connectivity index (χ4n) is 4.13. The number of fused-ring (bicyclic) bond motifs is 2. The second-order valence-electron chi connectivity index (χ2n) is 7.91. The van der Waals surface area contributed by atoms with Crippen molar-refractivity contribution in [2.45, 2.75) is 45.9 Å². The maximum atomic E-state index is 5.90. The maximum absolute atomic E-state index is 5.90. The van der Waals surface area contributed by atoms with E-state index in [9.17, 15) is 0 Å². The van der Waals surface area contributed by atoms with Crippen LogP contribution in [-0.2, 0) is 19.5 Å². The van der Waals surface area contributed by atoms with Crippen molar-refractivity contribution in [3.05, 3.63) is 53.3 Å². The molecule has 1 aromatic heterocycles. The molecule has 4 rings (SSSR count). The summed E-state index contributed by atoms with van der Waals surface area (Å²) in [6, 6.07) is 12.4. The monoisotopic (exact) mass is 549 g/mol. The number of guanidine groups is 1. The van der Waals surface area contributed by atoms with E-state index in [1.165, 1.54) is 11.1 Å². The lowest BCUT2D eigenvalue weighted by Gasteiger charge is -2.15. The van der Waals surface area contributed by atoms with Crippen LogP contribution in [0, 0.1) is 6.92 Å². The molecular formula is C24H32IN5O2. The molecule has 2 N–H and O–H groups in total. The summed E-state index contributed by atoms with van der Waals surface area (Å²) in [5.41, 5.74) is 4.49. The minimum Gasteiger partial charge on any atom is -0.496 e. The van der Waals surface area contributed by atoms with Crippen molar-refractivity contribution in [2.24, 2.45) is 4.99 Å². The fourth-order valence-corrected chi connectivity index (χ4v) is 4.13. The van der Waals surface area contributed by atoms with E-state index < -0.39 is 0 Å². The minimum atomic E-state index is 0. The van der Waals surface area contributed by atoms with Gasteiger partial charge in [-0.2, -0.15) is 0 Å². The van der Waals surface area contributed by atoms with Crippen molar-refractivity contribution < 1.29 is 9.47 Å². The topological polar surface area (TPSA) is 72.7 Å². The number of nitrogens with one attached hydrogen (secondary N) is 2. The molecule has 0 amide bonds. The molecule has 1 aliphatic rings. The van der Waals surface area contributed by atoms with Crippen molar-refractivity contribution in [2.75, 3.05) is 20.7 Å². The Labute approximate surface area is 206 Å². The summed E-state index contributed by atoms with van der Waals surface area (Å²) in [5.74, 6) is 3.64. The lowest BCUT2D eigenvalue weighted by atomic mass is 10.1. The second kappa shape index (κ2) is 10.9. The van der Waals surface area contributed by atoms with Gasteiger partial charge in [0.15, 0.2) is 5.96 Å². The van der Waals surface area contributed by atoms with Gasteiger partial charge >= 0.3 is 0 Å². The van der Waals surface area contributed by atoms with Gasteiger partial charge in [0.25, 0.3) is 0 Å². The Hall–Kier alpha value is -2.49. The number of para-hydroxylation sites is 2. The normalized spacial score (nSPS) is 15.1. The van der Waals surface area contributed by atoms with Crippen LogP contribution in [0.15, 0.2) is 41.4 Å². The van der Waals surface area contributed by atoms with Gasteiger partial charge in [0.05, 0.1) is 18.1 Å². The fraction of sp³-hybridized carbons (Fsp3) is 0.417. The quantitative estimate of drug-likeness (QED) is 0.202. The van der Waals surface area contributed by atoms with Crippen LogP contribution in [-0.4, -0.2) is 42.3 Å². The van der Waals surface area contributed by atoms with E-state index in [1.54, 1.807) is 14.2 Å². The predicted molar refractivity (Wildman–Crippen MR) is 139 cm³/mol. The van der Waals surface area contributed by atoms with Gasteiger partial charge in [-0.1, -0.05) is 12.1 Å². The smallest absolute Gasteiger partial charge is 0.191 e. The molecule has 0 aliphatic carbocycles. The predicted octanol–water partition coefficient (Wildman–Crippen LogP) is 4.05. The number of ether oxygens (including phenoxy) is 2. The molecule has 0 radical (unpaired) electrons. The molecule has 0 fully saturated rings. The van der Waals surface area contributed by atoms with E-state index in [1.807, 2.05) is 6.07 Å². The Morgan fingerprint density at radius 2 is 2.09 bits per heavy atom. The standard InChI is InChI=1S/C24H31N5O2.HI/c1-16-12-18-13-22(30-4)19(14-23(18)31-16)15-27-24(25-3)26-10-7-11-29-17(2)28-20-8-5-6-9-21(20)29;/h5-6,8-9,13-14,16H,7,10-12,15H2,1-4H3,(H2,25,26,27);1H. The van der Waals surface area contributed by atoms with Crippen LogP contribution in [0.5, 0.6) is 11.5 Å². The molecule has 1 unspecified atom stereocenters. The van der Waals surface area contributed by atoms with Gasteiger partial charge in [-0.05, 0) is 44.5 Å². The number of aromatic nitrogens is 2. The minimum absolute atomic E-state index is 0. The van der Waals surface area contributed by atoms with Gasteiger partial charge in [-0.25, -0.2) is 4.98 Å². The highest BCUT2D eigenvalue weighted by molar-refractivity contribution is 14.0. The van der Waals surface area contributed by atoms with Gasteiger partial charge in [0.1, 0.15) is 23.4 Å². The third-order valence-corrected chi connectivity index (χ3v) is 5.67. The molecule has 0 saturated carbocycles. The Balaban J connectivity index is 0.00000289. The van der Waals surface area contributed by atoms with Crippen LogP contribution in [0.2, 0.25) is 0 Å². The summed E-state index contributed by atoms with van der Waals surface area (Å²) in [4.78, 5) is 8.98. The second-order valence-corrected chi connectivity index (χ2v) is 7.91. The van der Waals surface area contributed by atoms with E-state index in [0.29, 0.717) is 6.54 Å². The van der Waals surface area contributed by atoms with Crippen molar-refractivity contribution >= 4 is 41.0 Å². The highest BCUT2D eigenvalue weighted by Crippen LogP contribution is 2.34. The highest BCUT2D eigenvalue weighted by atomic mass is 127. The zero-order chi connectivity index (χ0) is 21.8. The molecule has 0 saturated heterocycles. The molecule has 8 heteroatoms. The zero-order valence-electron chi connectivity index (χ0n) is 19.1. The Bertz CT molecular complexity index is 1100. The van der Waals surface area contributed by atoms with E-state index in [2.05, 4.69) is 69.4 Å². The summed E-state index contributed by atoms with van der Waals surface area (Å²) >= 11 is 0. The van der Waals surface area contributed by atoms with E-state index >= 15 is 0 Å². The third-order valence-electron chi connectivity index (χ3n) is 5.67. The average molecular weight is 549 g/mol. The number of methoxy groups -OCH3 is 1. The molecule has 172 valence electrons. The Morgan fingerprint density at radius 1 is 1.28 bits per heavy atom. The summed E-state index contributed by atoms with van der Waals surface area (Å²) in [6.07, 6.45) is 2.11. The van der Waals surface area contributed by atoms with E-state index in [0.717, 1.165) is 60.3 Å². The number of hydrogen-bond acceptors (Lipinski definition) is 4. The first-order chi connectivity index (χ1) is 15.1. The van der Waals surface area contributed by atoms with Gasteiger partial charge in [-0.3, -0.25) is 4.99 Å². The van der Waals surface area contributed by atoms with Crippen LogP contribution in [0.4, 0.5) is 0 Å². The first-order valence-corrected chi connectivity index (χ1v) is 10.8. The van der Waals surface area contributed by atoms with Gasteiger partial charge in [0.2, 0.25) is 0 Å². The van der Waals surface area contributed by atoms with E-state index in [-0.39, 0.29) is 30.1 Å². The summed E-state index contributed by atoms with van der Waals surface area (Å²) in [6.45, 7) is 6.48. The molecule has 3 aromatic rings. The number of hydrogen-bond donors (Lipinski definition) is 2.